The lowest BCUT2D eigenvalue weighted by molar-refractivity contribution is -0.127. The van der Waals surface area contributed by atoms with Gasteiger partial charge in [-0.3, -0.25) is 14.6 Å². The van der Waals surface area contributed by atoms with Gasteiger partial charge in [0.2, 0.25) is 5.91 Å². The van der Waals surface area contributed by atoms with E-state index in [0.717, 1.165) is 25.7 Å². The average molecular weight is 406 g/mol. The van der Waals surface area contributed by atoms with Gasteiger partial charge in [0.25, 0.3) is 5.91 Å². The maximum atomic E-state index is 13.6. The number of fused-ring (bicyclic) bond motifs is 1. The molecule has 2 aromatic rings. The van der Waals surface area contributed by atoms with E-state index in [2.05, 4.69) is 17.2 Å². The third-order valence-corrected chi connectivity index (χ3v) is 6.19. The van der Waals surface area contributed by atoms with Crippen LogP contribution in [0.2, 0.25) is 0 Å². The second kappa shape index (κ2) is 7.23. The minimum atomic E-state index is -0.758. The van der Waals surface area contributed by atoms with E-state index in [9.17, 15) is 14.0 Å². The average Bonchev–Trinajstić information content (AvgIpc) is 3.32. The minimum Gasteiger partial charge on any atom is -0.368 e. The Labute approximate surface area is 174 Å². The fourth-order valence-corrected chi connectivity index (χ4v) is 4.58. The van der Waals surface area contributed by atoms with Crippen LogP contribution in [-0.2, 0) is 16.0 Å². The highest BCUT2D eigenvalue weighted by Crippen LogP contribution is 2.42. The zero-order valence-corrected chi connectivity index (χ0v) is 16.5. The number of nitrogens with zero attached hydrogens (tertiary/aromatic N) is 3. The number of carbonyl (C=O) groups excluding carboxylic acids is 2. The first-order valence-corrected chi connectivity index (χ1v) is 10.3. The molecule has 2 N–H and O–H groups in total. The maximum Gasteiger partial charge on any atom is 0.270 e. The standard InChI is InChI=1S/C23H23FN4O2/c24-15-6-8-17(9-7-15)28-21(22(25)29)13-19(26-28)23(30)27(16-10-11-16)20-12-5-14-3-1-2-4-18(14)20/h1-4,6-9,16,20-21H,5,10-13H2,(H2,25,29). The van der Waals surface area contributed by atoms with E-state index in [1.54, 1.807) is 0 Å². The molecule has 30 heavy (non-hydrogen) atoms. The molecule has 5 rings (SSSR count). The topological polar surface area (TPSA) is 79.0 Å². The highest BCUT2D eigenvalue weighted by molar-refractivity contribution is 6.40. The minimum absolute atomic E-state index is 0.0378. The number of aryl methyl sites for hydroxylation is 1. The van der Waals surface area contributed by atoms with Gasteiger partial charge in [-0.1, -0.05) is 24.3 Å². The Bertz CT molecular complexity index is 1030. The summed E-state index contributed by atoms with van der Waals surface area (Å²) >= 11 is 0. The van der Waals surface area contributed by atoms with Crippen LogP contribution in [-0.4, -0.2) is 34.5 Å². The number of hydrazone groups is 1. The monoisotopic (exact) mass is 406 g/mol. The Morgan fingerprint density at radius 2 is 1.80 bits per heavy atom. The van der Waals surface area contributed by atoms with Gasteiger partial charge in [0.05, 0.1) is 11.7 Å². The van der Waals surface area contributed by atoms with Gasteiger partial charge in [-0.05, 0) is 61.1 Å². The van der Waals surface area contributed by atoms with Gasteiger partial charge in [-0.25, -0.2) is 4.39 Å². The zero-order valence-electron chi connectivity index (χ0n) is 16.5. The molecule has 2 aliphatic carbocycles. The molecule has 3 aliphatic rings. The van der Waals surface area contributed by atoms with E-state index < -0.39 is 11.9 Å². The molecule has 0 radical (unpaired) electrons. The van der Waals surface area contributed by atoms with E-state index in [-0.39, 0.29) is 30.2 Å². The Hall–Kier alpha value is -3.22. The molecule has 1 heterocycles. The highest BCUT2D eigenvalue weighted by atomic mass is 19.1. The van der Waals surface area contributed by atoms with Gasteiger partial charge in [-0.2, -0.15) is 5.10 Å². The highest BCUT2D eigenvalue weighted by Gasteiger charge is 2.44. The normalized spacial score (nSPS) is 22.6. The predicted molar refractivity (Wildman–Crippen MR) is 111 cm³/mol. The number of halogens is 1. The van der Waals surface area contributed by atoms with Gasteiger partial charge in [0, 0.05) is 12.5 Å². The number of hydrogen-bond acceptors (Lipinski definition) is 4. The van der Waals surface area contributed by atoms with Crippen molar-refractivity contribution in [3.8, 4) is 0 Å². The van der Waals surface area contributed by atoms with Crippen LogP contribution < -0.4 is 10.7 Å². The van der Waals surface area contributed by atoms with Gasteiger partial charge in [0.1, 0.15) is 17.6 Å². The van der Waals surface area contributed by atoms with Crippen molar-refractivity contribution >= 4 is 23.2 Å². The van der Waals surface area contributed by atoms with Crippen LogP contribution in [0.4, 0.5) is 10.1 Å². The first-order chi connectivity index (χ1) is 14.5. The molecular formula is C23H23FN4O2. The molecule has 0 aromatic heterocycles. The molecule has 2 aromatic carbocycles. The van der Waals surface area contributed by atoms with Gasteiger partial charge in [-0.15, -0.1) is 0 Å². The molecule has 2 atom stereocenters. The number of rotatable bonds is 5. The number of nitrogens with two attached hydrogens (primary N) is 1. The molecule has 154 valence electrons. The number of amides is 2. The summed E-state index contributed by atoms with van der Waals surface area (Å²) in [6, 6.07) is 13.4. The number of primary amides is 1. The second-order valence-electron chi connectivity index (χ2n) is 8.19. The summed E-state index contributed by atoms with van der Waals surface area (Å²) in [5.74, 6) is -1.07. The Morgan fingerprint density at radius 3 is 2.50 bits per heavy atom. The Kier molecular flexibility index (Phi) is 4.53. The van der Waals surface area contributed by atoms with Crippen LogP contribution in [0.15, 0.2) is 53.6 Å². The first kappa shape index (κ1) is 18.8. The van der Waals surface area contributed by atoms with Crippen LogP contribution in [0, 0.1) is 5.82 Å². The van der Waals surface area contributed by atoms with Crippen molar-refractivity contribution < 1.29 is 14.0 Å². The summed E-state index contributed by atoms with van der Waals surface area (Å²) in [5, 5.41) is 5.93. The van der Waals surface area contributed by atoms with Crippen molar-refractivity contribution in [3.05, 3.63) is 65.5 Å². The number of hydrogen-bond donors (Lipinski definition) is 1. The molecule has 1 aliphatic heterocycles. The quantitative estimate of drug-likeness (QED) is 0.829. The zero-order chi connectivity index (χ0) is 20.8. The summed E-state index contributed by atoms with van der Waals surface area (Å²) in [6.07, 6.45) is 3.98. The summed E-state index contributed by atoms with van der Waals surface area (Å²) in [7, 11) is 0. The van der Waals surface area contributed by atoms with Crippen molar-refractivity contribution in [3.63, 3.8) is 0 Å². The van der Waals surface area contributed by atoms with Gasteiger partial charge < -0.3 is 10.6 Å². The SMILES string of the molecule is NC(=O)C1CC(C(=O)N(C2CC2)C2CCc3ccccc32)=NN1c1ccc(F)cc1. The van der Waals surface area contributed by atoms with Crippen LogP contribution in [0.3, 0.4) is 0 Å². The molecule has 2 amide bonds. The lowest BCUT2D eigenvalue weighted by Crippen LogP contribution is -2.42. The van der Waals surface area contributed by atoms with Crippen molar-refractivity contribution in [2.75, 3.05) is 5.01 Å². The van der Waals surface area contributed by atoms with Crippen LogP contribution >= 0.6 is 0 Å². The van der Waals surface area contributed by atoms with E-state index >= 15 is 0 Å². The summed E-state index contributed by atoms with van der Waals surface area (Å²) in [4.78, 5) is 27.6. The molecule has 1 fully saturated rings. The lowest BCUT2D eigenvalue weighted by Gasteiger charge is -2.30. The largest absolute Gasteiger partial charge is 0.368 e. The van der Waals surface area contributed by atoms with E-state index in [0.29, 0.717) is 11.4 Å². The van der Waals surface area contributed by atoms with Crippen molar-refractivity contribution in [2.45, 2.75) is 50.2 Å². The van der Waals surface area contributed by atoms with Crippen molar-refractivity contribution in [1.29, 1.82) is 0 Å². The molecule has 0 bridgehead atoms. The number of carbonyl (C=O) groups is 2. The molecule has 2 unspecified atom stereocenters. The van der Waals surface area contributed by atoms with Crippen molar-refractivity contribution in [2.24, 2.45) is 10.8 Å². The molecule has 7 heteroatoms. The summed E-state index contributed by atoms with van der Waals surface area (Å²) in [6.45, 7) is 0. The van der Waals surface area contributed by atoms with Crippen LogP contribution in [0.25, 0.3) is 0 Å². The van der Waals surface area contributed by atoms with Gasteiger partial charge in [0.15, 0.2) is 0 Å². The third-order valence-electron chi connectivity index (χ3n) is 6.19. The fourth-order valence-electron chi connectivity index (χ4n) is 4.58. The first-order valence-electron chi connectivity index (χ1n) is 10.3. The van der Waals surface area contributed by atoms with E-state index in [1.165, 1.54) is 40.4 Å². The molecule has 0 saturated heterocycles. The molecule has 0 spiro atoms. The lowest BCUT2D eigenvalue weighted by atomic mass is 10.0. The Morgan fingerprint density at radius 1 is 1.07 bits per heavy atom. The van der Waals surface area contributed by atoms with Crippen LogP contribution in [0.1, 0.15) is 42.9 Å². The molecular weight excluding hydrogens is 383 g/mol. The summed E-state index contributed by atoms with van der Waals surface area (Å²) in [5.41, 5.74) is 8.96. The molecule has 6 nitrogen and oxygen atoms in total. The Balaban J connectivity index is 1.46. The maximum absolute atomic E-state index is 13.6. The number of benzene rings is 2. The second-order valence-corrected chi connectivity index (χ2v) is 8.19. The smallest absolute Gasteiger partial charge is 0.270 e. The third kappa shape index (κ3) is 3.24. The predicted octanol–water partition coefficient (Wildman–Crippen LogP) is 2.92. The van der Waals surface area contributed by atoms with E-state index in [4.69, 9.17) is 5.73 Å². The fraction of sp³-hybridized carbons (Fsp3) is 0.348. The van der Waals surface area contributed by atoms with Crippen LogP contribution in [0.5, 0.6) is 0 Å². The van der Waals surface area contributed by atoms with Crippen molar-refractivity contribution in [1.82, 2.24) is 4.90 Å². The van der Waals surface area contributed by atoms with E-state index in [1.807, 2.05) is 17.0 Å². The summed E-state index contributed by atoms with van der Waals surface area (Å²) < 4.78 is 13.3. The molecule has 1 saturated carbocycles. The van der Waals surface area contributed by atoms with Gasteiger partial charge >= 0.3 is 0 Å². The number of anilines is 1.